The number of amides is 2. The van der Waals surface area contributed by atoms with Crippen LogP contribution >= 0.6 is 0 Å². The SMILES string of the molecule is CCNC(=NCC1(c2ccccc2C)CC1)NCCN1C(=O)C2C3C=CC(C3)C2C1=O. The van der Waals surface area contributed by atoms with Crippen LogP contribution in [0.5, 0.6) is 0 Å². The molecule has 1 aliphatic heterocycles. The van der Waals surface area contributed by atoms with Gasteiger partial charge in [-0.3, -0.25) is 19.5 Å². The monoisotopic (exact) mass is 420 g/mol. The summed E-state index contributed by atoms with van der Waals surface area (Å²) in [7, 11) is 0. The molecule has 0 aromatic heterocycles. The van der Waals surface area contributed by atoms with E-state index in [0.29, 0.717) is 13.1 Å². The van der Waals surface area contributed by atoms with Gasteiger partial charge in [0.05, 0.1) is 18.4 Å². The fourth-order valence-corrected chi connectivity index (χ4v) is 5.87. The van der Waals surface area contributed by atoms with Crippen LogP contribution in [0.2, 0.25) is 0 Å². The third-order valence-corrected chi connectivity index (χ3v) is 7.64. The minimum Gasteiger partial charge on any atom is -0.357 e. The van der Waals surface area contributed by atoms with Gasteiger partial charge < -0.3 is 10.6 Å². The van der Waals surface area contributed by atoms with E-state index >= 15 is 0 Å². The molecule has 4 aliphatic rings. The number of carbonyl (C=O) groups excluding carboxylic acids is 2. The Morgan fingerprint density at radius 3 is 2.39 bits per heavy atom. The fourth-order valence-electron chi connectivity index (χ4n) is 5.87. The quantitative estimate of drug-likeness (QED) is 0.307. The molecule has 5 rings (SSSR count). The number of rotatable bonds is 7. The lowest BCUT2D eigenvalue weighted by atomic mass is 9.85. The van der Waals surface area contributed by atoms with Crippen molar-refractivity contribution in [1.82, 2.24) is 15.5 Å². The second kappa shape index (κ2) is 7.81. The van der Waals surface area contributed by atoms with Crippen LogP contribution in [0.25, 0.3) is 0 Å². The first-order valence-electron chi connectivity index (χ1n) is 11.7. The number of hydrogen-bond acceptors (Lipinski definition) is 3. The Bertz CT molecular complexity index is 919. The number of benzene rings is 1. The molecule has 3 aliphatic carbocycles. The van der Waals surface area contributed by atoms with Crippen molar-refractivity contribution in [2.75, 3.05) is 26.2 Å². The number of nitrogens with one attached hydrogen (secondary N) is 2. The van der Waals surface area contributed by atoms with Crippen LogP contribution < -0.4 is 10.6 Å². The molecule has 3 fully saturated rings. The number of carbonyl (C=O) groups is 2. The summed E-state index contributed by atoms with van der Waals surface area (Å²) >= 11 is 0. The number of allylic oxidation sites excluding steroid dienone is 2. The predicted octanol–water partition coefficient (Wildman–Crippen LogP) is 2.39. The van der Waals surface area contributed by atoms with Gasteiger partial charge in [-0.25, -0.2) is 0 Å². The van der Waals surface area contributed by atoms with Gasteiger partial charge in [0.2, 0.25) is 11.8 Å². The number of imide groups is 1. The normalized spacial score (nSPS) is 30.1. The maximum atomic E-state index is 12.8. The van der Waals surface area contributed by atoms with Gasteiger partial charge in [0.15, 0.2) is 5.96 Å². The molecule has 164 valence electrons. The molecule has 2 N–H and O–H groups in total. The van der Waals surface area contributed by atoms with Crippen molar-refractivity contribution >= 4 is 17.8 Å². The summed E-state index contributed by atoms with van der Waals surface area (Å²) in [4.78, 5) is 32.0. The summed E-state index contributed by atoms with van der Waals surface area (Å²) in [5.74, 6) is 1.09. The highest BCUT2D eigenvalue weighted by molar-refractivity contribution is 6.06. The molecule has 1 saturated heterocycles. The van der Waals surface area contributed by atoms with E-state index < -0.39 is 0 Å². The summed E-state index contributed by atoms with van der Waals surface area (Å²) < 4.78 is 0. The van der Waals surface area contributed by atoms with Crippen molar-refractivity contribution in [3.63, 3.8) is 0 Å². The molecule has 6 heteroatoms. The van der Waals surface area contributed by atoms with E-state index in [9.17, 15) is 9.59 Å². The number of guanidine groups is 1. The number of nitrogens with zero attached hydrogens (tertiary/aromatic N) is 2. The van der Waals surface area contributed by atoms with Crippen LogP contribution in [0.15, 0.2) is 41.4 Å². The molecule has 4 unspecified atom stereocenters. The van der Waals surface area contributed by atoms with E-state index in [1.807, 2.05) is 6.92 Å². The third-order valence-electron chi connectivity index (χ3n) is 7.64. The second-order valence-corrected chi connectivity index (χ2v) is 9.55. The van der Waals surface area contributed by atoms with Crippen molar-refractivity contribution in [3.8, 4) is 0 Å². The van der Waals surface area contributed by atoms with E-state index in [4.69, 9.17) is 4.99 Å². The van der Waals surface area contributed by atoms with Crippen LogP contribution in [-0.2, 0) is 15.0 Å². The van der Waals surface area contributed by atoms with Crippen molar-refractivity contribution in [1.29, 1.82) is 0 Å². The Labute approximate surface area is 184 Å². The van der Waals surface area contributed by atoms with E-state index in [0.717, 1.165) is 38.3 Å². The molecule has 2 bridgehead atoms. The van der Waals surface area contributed by atoms with Gasteiger partial charge in [-0.1, -0.05) is 36.4 Å². The first-order valence-corrected chi connectivity index (χ1v) is 11.7. The summed E-state index contributed by atoms with van der Waals surface area (Å²) in [6.45, 7) is 6.64. The third kappa shape index (κ3) is 3.46. The number of aryl methyl sites for hydroxylation is 1. The summed E-state index contributed by atoms with van der Waals surface area (Å²) in [5, 5.41) is 6.64. The Morgan fingerprint density at radius 1 is 1.10 bits per heavy atom. The van der Waals surface area contributed by atoms with Crippen LogP contribution in [0.4, 0.5) is 0 Å². The maximum Gasteiger partial charge on any atom is 0.233 e. The van der Waals surface area contributed by atoms with E-state index in [1.165, 1.54) is 16.0 Å². The first-order chi connectivity index (χ1) is 15.0. The van der Waals surface area contributed by atoms with Crippen molar-refractivity contribution in [2.45, 2.75) is 38.5 Å². The molecule has 0 spiro atoms. The van der Waals surface area contributed by atoms with Gasteiger partial charge in [-0.15, -0.1) is 0 Å². The zero-order valence-corrected chi connectivity index (χ0v) is 18.4. The molecular formula is C25H32N4O2. The molecule has 2 saturated carbocycles. The standard InChI is InChI=1S/C25H32N4O2/c1-3-26-24(28-15-25(10-11-25)19-7-5-4-6-16(19)2)27-12-13-29-22(30)20-17-8-9-18(14-17)21(20)23(29)31/h4-9,17-18,20-21H,3,10-15H2,1-2H3,(H2,26,27,28). The number of hydrogen-bond donors (Lipinski definition) is 2. The Hall–Kier alpha value is -2.63. The highest BCUT2D eigenvalue weighted by atomic mass is 16.2. The van der Waals surface area contributed by atoms with Gasteiger partial charge in [0, 0.05) is 25.0 Å². The number of fused-ring (bicyclic) bond motifs is 5. The molecule has 31 heavy (non-hydrogen) atoms. The zero-order valence-electron chi connectivity index (χ0n) is 18.4. The Morgan fingerprint density at radius 2 is 1.77 bits per heavy atom. The molecule has 1 heterocycles. The van der Waals surface area contributed by atoms with Crippen molar-refractivity contribution < 1.29 is 9.59 Å². The average Bonchev–Trinajstić information content (AvgIpc) is 3.14. The number of aliphatic imine (C=N–C) groups is 1. The minimum atomic E-state index is -0.117. The van der Waals surface area contributed by atoms with Crippen molar-refractivity contribution in [3.05, 3.63) is 47.5 Å². The summed E-state index contributed by atoms with van der Waals surface area (Å²) in [5.41, 5.74) is 2.88. The molecule has 1 aromatic rings. The van der Waals surface area contributed by atoms with Crippen molar-refractivity contribution in [2.24, 2.45) is 28.7 Å². The van der Waals surface area contributed by atoms with Crippen LogP contribution in [0, 0.1) is 30.6 Å². The lowest BCUT2D eigenvalue weighted by Crippen LogP contribution is -2.44. The maximum absolute atomic E-state index is 12.8. The smallest absolute Gasteiger partial charge is 0.233 e. The van der Waals surface area contributed by atoms with Crippen LogP contribution in [0.3, 0.4) is 0 Å². The molecule has 1 aromatic carbocycles. The van der Waals surface area contributed by atoms with Gasteiger partial charge in [-0.2, -0.15) is 0 Å². The molecule has 2 amide bonds. The van der Waals surface area contributed by atoms with Gasteiger partial charge >= 0.3 is 0 Å². The largest absolute Gasteiger partial charge is 0.357 e. The number of likely N-dealkylation sites (tertiary alicyclic amines) is 1. The van der Waals surface area contributed by atoms with Gasteiger partial charge in [-0.05, 0) is 56.1 Å². The molecule has 4 atom stereocenters. The van der Waals surface area contributed by atoms with E-state index in [1.54, 1.807) is 0 Å². The van der Waals surface area contributed by atoms with Crippen LogP contribution in [0.1, 0.15) is 37.3 Å². The average molecular weight is 421 g/mol. The van der Waals surface area contributed by atoms with E-state index in [-0.39, 0.29) is 40.9 Å². The molecular weight excluding hydrogens is 388 g/mol. The summed E-state index contributed by atoms with van der Waals surface area (Å²) in [6, 6.07) is 8.59. The second-order valence-electron chi connectivity index (χ2n) is 9.55. The lowest BCUT2D eigenvalue weighted by Gasteiger charge is -2.20. The first kappa shape index (κ1) is 20.3. The van der Waals surface area contributed by atoms with Gasteiger partial charge in [0.1, 0.15) is 0 Å². The predicted molar refractivity (Wildman–Crippen MR) is 121 cm³/mol. The highest BCUT2D eigenvalue weighted by Crippen LogP contribution is 2.52. The van der Waals surface area contributed by atoms with E-state index in [2.05, 4.69) is 54.0 Å². The minimum absolute atomic E-state index is 0.0204. The topological polar surface area (TPSA) is 73.8 Å². The Balaban J connectivity index is 1.19. The fraction of sp³-hybridized carbons (Fsp3) is 0.560. The zero-order chi connectivity index (χ0) is 21.6. The lowest BCUT2D eigenvalue weighted by molar-refractivity contribution is -0.140. The summed E-state index contributed by atoms with van der Waals surface area (Å²) in [6.07, 6.45) is 7.57. The Kier molecular flexibility index (Phi) is 5.11. The highest BCUT2D eigenvalue weighted by Gasteiger charge is 2.59. The molecule has 0 radical (unpaired) electrons. The van der Waals surface area contributed by atoms with Gasteiger partial charge in [0.25, 0.3) is 0 Å². The molecule has 6 nitrogen and oxygen atoms in total. The van der Waals surface area contributed by atoms with Crippen LogP contribution in [-0.4, -0.2) is 48.9 Å².